The molecule has 1 saturated heterocycles. The quantitative estimate of drug-likeness (QED) is 0.693. The molecule has 2 atom stereocenters. The van der Waals surface area contributed by atoms with Crippen molar-refractivity contribution in [1.29, 1.82) is 0 Å². The van der Waals surface area contributed by atoms with Crippen LogP contribution in [0, 0.1) is 0 Å². The smallest absolute Gasteiger partial charge is 0.107 e. The van der Waals surface area contributed by atoms with Gasteiger partial charge in [-0.05, 0) is 12.1 Å². The maximum Gasteiger partial charge on any atom is 0.107 e. The van der Waals surface area contributed by atoms with Crippen LogP contribution in [0.3, 0.4) is 0 Å². The lowest BCUT2D eigenvalue weighted by atomic mass is 10.2. The van der Waals surface area contributed by atoms with E-state index in [4.69, 9.17) is 4.98 Å². The van der Waals surface area contributed by atoms with Crippen molar-refractivity contribution in [3.63, 3.8) is 0 Å². The van der Waals surface area contributed by atoms with Gasteiger partial charge in [0.2, 0.25) is 0 Å². The first-order valence-electron chi connectivity index (χ1n) is 6.18. The molecule has 1 nitrogen and oxygen atoms in total. The fraction of sp³-hybridized carbons (Fsp3) is 0.357. The van der Waals surface area contributed by atoms with Crippen molar-refractivity contribution in [2.75, 3.05) is 11.5 Å². The fourth-order valence-corrected chi connectivity index (χ4v) is 6.34. The third-order valence-corrected chi connectivity index (χ3v) is 7.80. The zero-order valence-corrected chi connectivity index (χ0v) is 14.5. The highest BCUT2D eigenvalue weighted by Gasteiger charge is 2.26. The molecular weight excluding hydrogens is 358 g/mol. The number of rotatable bonds is 2. The van der Waals surface area contributed by atoms with Crippen LogP contribution in [0.25, 0.3) is 11.3 Å². The zero-order valence-electron chi connectivity index (χ0n) is 10.5. The Morgan fingerprint density at radius 3 is 2.63 bits per heavy atom. The number of benzene rings is 1. The van der Waals surface area contributed by atoms with Gasteiger partial charge in [-0.1, -0.05) is 35.0 Å². The molecule has 2 unspecified atom stereocenters. The highest BCUT2D eigenvalue weighted by atomic mass is 79.9. The van der Waals surface area contributed by atoms with Gasteiger partial charge >= 0.3 is 0 Å². The molecule has 0 saturated carbocycles. The van der Waals surface area contributed by atoms with Gasteiger partial charge in [0.25, 0.3) is 0 Å². The van der Waals surface area contributed by atoms with Crippen molar-refractivity contribution in [2.45, 2.75) is 17.4 Å². The molecule has 0 radical (unpaired) electrons. The van der Waals surface area contributed by atoms with Gasteiger partial charge in [-0.2, -0.15) is 11.8 Å². The minimum Gasteiger partial charge on any atom is -0.240 e. The molecule has 1 aliphatic rings. The van der Waals surface area contributed by atoms with E-state index in [2.05, 4.69) is 76.0 Å². The summed E-state index contributed by atoms with van der Waals surface area (Å²) < 4.78 is 1.11. The maximum absolute atomic E-state index is 4.85. The molecule has 1 aliphatic heterocycles. The van der Waals surface area contributed by atoms with Gasteiger partial charge in [-0.15, -0.1) is 23.1 Å². The van der Waals surface area contributed by atoms with E-state index in [1.807, 2.05) is 0 Å². The molecular formula is C14H14BrNS3. The van der Waals surface area contributed by atoms with Crippen molar-refractivity contribution in [3.8, 4) is 11.3 Å². The van der Waals surface area contributed by atoms with Gasteiger partial charge in [-0.3, -0.25) is 0 Å². The molecule has 0 spiro atoms. The monoisotopic (exact) mass is 371 g/mol. The van der Waals surface area contributed by atoms with Crippen molar-refractivity contribution >= 4 is 50.8 Å². The number of thiazole rings is 1. The second kappa shape index (κ2) is 6.20. The summed E-state index contributed by atoms with van der Waals surface area (Å²) in [5.41, 5.74) is 2.31. The van der Waals surface area contributed by atoms with Gasteiger partial charge in [0, 0.05) is 32.2 Å². The van der Waals surface area contributed by atoms with Crippen LogP contribution >= 0.6 is 50.8 Å². The molecule has 2 heterocycles. The normalized spacial score (nSPS) is 23.5. The Labute approximate surface area is 134 Å². The predicted octanol–water partition coefficient (Wildman–Crippen LogP) is 5.48. The van der Waals surface area contributed by atoms with Crippen molar-refractivity contribution in [3.05, 3.63) is 39.1 Å². The predicted molar refractivity (Wildman–Crippen MR) is 92.4 cm³/mol. The van der Waals surface area contributed by atoms with Crippen LogP contribution in [0.4, 0.5) is 0 Å². The van der Waals surface area contributed by atoms with E-state index in [0.29, 0.717) is 10.5 Å². The lowest BCUT2D eigenvalue weighted by molar-refractivity contribution is 0.896. The molecule has 0 aliphatic carbocycles. The highest BCUT2D eigenvalue weighted by Crippen LogP contribution is 2.44. The summed E-state index contributed by atoms with van der Waals surface area (Å²) in [5, 5.41) is 4.70. The summed E-state index contributed by atoms with van der Waals surface area (Å²) in [6.07, 6.45) is 0. The largest absolute Gasteiger partial charge is 0.240 e. The molecule has 1 fully saturated rings. The van der Waals surface area contributed by atoms with E-state index in [1.54, 1.807) is 11.3 Å². The Morgan fingerprint density at radius 1 is 1.16 bits per heavy atom. The Bertz CT molecular complexity index is 552. The number of thioether (sulfide) groups is 2. The van der Waals surface area contributed by atoms with Crippen molar-refractivity contribution in [2.24, 2.45) is 0 Å². The minimum atomic E-state index is 0.563. The van der Waals surface area contributed by atoms with Gasteiger partial charge in [-0.25, -0.2) is 4.98 Å². The van der Waals surface area contributed by atoms with Crippen molar-refractivity contribution in [1.82, 2.24) is 4.98 Å². The molecule has 3 rings (SSSR count). The maximum atomic E-state index is 4.85. The summed E-state index contributed by atoms with van der Waals surface area (Å²) in [7, 11) is 0. The average Bonchev–Trinajstić information content (AvgIpc) is 2.89. The van der Waals surface area contributed by atoms with E-state index in [9.17, 15) is 0 Å². The van der Waals surface area contributed by atoms with E-state index in [0.717, 1.165) is 10.2 Å². The molecule has 0 N–H and O–H groups in total. The zero-order chi connectivity index (χ0) is 13.2. The number of hydrogen-bond donors (Lipinski definition) is 0. The standard InChI is InChI=1S/C14H14BrNS3/c1-9-13(18-7-6-17-9)14-16-12(8-19-14)10-2-4-11(15)5-3-10/h2-5,8-9,13H,6-7H2,1H3. The van der Waals surface area contributed by atoms with Gasteiger partial charge in [0.05, 0.1) is 10.9 Å². The highest BCUT2D eigenvalue weighted by molar-refractivity contribution is 9.10. The number of halogens is 1. The molecule has 1 aromatic heterocycles. The van der Waals surface area contributed by atoms with Crippen LogP contribution < -0.4 is 0 Å². The lowest BCUT2D eigenvalue weighted by Crippen LogP contribution is -2.15. The summed E-state index contributed by atoms with van der Waals surface area (Å²) >= 11 is 9.39. The number of aromatic nitrogens is 1. The molecule has 100 valence electrons. The van der Waals surface area contributed by atoms with Crippen LogP contribution in [0.5, 0.6) is 0 Å². The fourth-order valence-electron chi connectivity index (χ4n) is 2.08. The van der Waals surface area contributed by atoms with Crippen LogP contribution in [-0.4, -0.2) is 21.7 Å². The van der Waals surface area contributed by atoms with Gasteiger partial charge < -0.3 is 0 Å². The first-order valence-corrected chi connectivity index (χ1v) is 9.95. The van der Waals surface area contributed by atoms with Crippen LogP contribution in [0.1, 0.15) is 17.2 Å². The van der Waals surface area contributed by atoms with E-state index < -0.39 is 0 Å². The molecule has 0 amide bonds. The van der Waals surface area contributed by atoms with Crippen LogP contribution in [-0.2, 0) is 0 Å². The Balaban J connectivity index is 1.84. The Morgan fingerprint density at radius 2 is 1.89 bits per heavy atom. The molecule has 19 heavy (non-hydrogen) atoms. The Hall–Kier alpha value is 0.0300. The van der Waals surface area contributed by atoms with Crippen LogP contribution in [0.15, 0.2) is 34.1 Å². The minimum absolute atomic E-state index is 0.563. The lowest BCUT2D eigenvalue weighted by Gasteiger charge is -2.25. The topological polar surface area (TPSA) is 12.9 Å². The number of hydrogen-bond acceptors (Lipinski definition) is 4. The summed E-state index contributed by atoms with van der Waals surface area (Å²) in [4.78, 5) is 4.85. The van der Waals surface area contributed by atoms with E-state index >= 15 is 0 Å². The third kappa shape index (κ3) is 3.20. The Kier molecular flexibility index (Phi) is 4.57. The average molecular weight is 372 g/mol. The molecule has 1 aromatic carbocycles. The van der Waals surface area contributed by atoms with E-state index in [1.165, 1.54) is 22.1 Å². The number of nitrogens with zero attached hydrogens (tertiary/aromatic N) is 1. The van der Waals surface area contributed by atoms with Gasteiger partial charge in [0.15, 0.2) is 0 Å². The third-order valence-electron chi connectivity index (χ3n) is 3.09. The summed E-state index contributed by atoms with van der Waals surface area (Å²) in [6.45, 7) is 2.32. The second-order valence-electron chi connectivity index (χ2n) is 4.45. The SMILES string of the molecule is CC1SCCSC1c1nc(-c2ccc(Br)cc2)cs1. The molecule has 0 bridgehead atoms. The summed E-state index contributed by atoms with van der Waals surface area (Å²) in [6, 6.07) is 8.38. The summed E-state index contributed by atoms with van der Waals surface area (Å²) in [5.74, 6) is 2.51. The van der Waals surface area contributed by atoms with Gasteiger partial charge in [0.1, 0.15) is 5.01 Å². The van der Waals surface area contributed by atoms with Crippen molar-refractivity contribution < 1.29 is 0 Å². The van der Waals surface area contributed by atoms with E-state index in [-0.39, 0.29) is 0 Å². The first-order chi connectivity index (χ1) is 9.24. The second-order valence-corrected chi connectivity index (χ2v) is 8.99. The first kappa shape index (κ1) is 14.0. The molecule has 5 heteroatoms. The molecule has 2 aromatic rings. The van der Waals surface area contributed by atoms with Crippen LogP contribution in [0.2, 0.25) is 0 Å².